The highest BCUT2D eigenvalue weighted by atomic mass is 35.5. The average Bonchev–Trinajstić information content (AvgIpc) is 3.09. The molecule has 1 saturated heterocycles. The summed E-state index contributed by atoms with van der Waals surface area (Å²) in [4.78, 5) is 27.1. The fourth-order valence-electron chi connectivity index (χ4n) is 3.94. The minimum absolute atomic E-state index is 0.00279. The predicted molar refractivity (Wildman–Crippen MR) is 126 cm³/mol. The zero-order valence-electron chi connectivity index (χ0n) is 18.2. The molecule has 36 heavy (non-hydrogen) atoms. The topological polar surface area (TPSA) is 66.8 Å². The fourth-order valence-corrected chi connectivity index (χ4v) is 4.58. The Bertz CT molecular complexity index is 1380. The first kappa shape index (κ1) is 25.5. The van der Waals surface area contributed by atoms with E-state index in [0.29, 0.717) is 6.07 Å². The van der Waals surface area contributed by atoms with E-state index in [0.717, 1.165) is 29.2 Å². The molecule has 4 rings (SSSR count). The van der Waals surface area contributed by atoms with Crippen molar-refractivity contribution in [2.24, 2.45) is 0 Å². The van der Waals surface area contributed by atoms with E-state index in [1.165, 1.54) is 37.4 Å². The number of methoxy groups -OCH3 is 1. The van der Waals surface area contributed by atoms with Crippen LogP contribution in [0.1, 0.15) is 22.7 Å². The molecule has 1 heterocycles. The molecule has 1 fully saturated rings. The van der Waals surface area contributed by atoms with Crippen LogP contribution in [0.3, 0.4) is 0 Å². The van der Waals surface area contributed by atoms with Crippen molar-refractivity contribution in [3.63, 3.8) is 0 Å². The number of Topliss-reactive ketones (excluding diaryl/α,β-unsaturated/α-hetero) is 1. The second-order valence-electron chi connectivity index (χ2n) is 7.74. The lowest BCUT2D eigenvalue weighted by Crippen LogP contribution is -2.29. The SMILES string of the molecule is COc1c(Cl)cc(/C(O)=C2\C(=O)C(=O)N(c3cccc(C(F)(F)F)c3)C2c2ccc(F)cc2)cc1Cl. The summed E-state index contributed by atoms with van der Waals surface area (Å²) in [5, 5.41) is 11.1. The number of hydrogen-bond acceptors (Lipinski definition) is 4. The smallest absolute Gasteiger partial charge is 0.416 e. The van der Waals surface area contributed by atoms with E-state index in [9.17, 15) is 32.3 Å². The van der Waals surface area contributed by atoms with Crippen molar-refractivity contribution in [2.45, 2.75) is 12.2 Å². The fraction of sp³-hybridized carbons (Fsp3) is 0.120. The quantitative estimate of drug-likeness (QED) is 0.171. The molecule has 1 amide bonds. The maximum atomic E-state index is 13.6. The van der Waals surface area contributed by atoms with Crippen molar-refractivity contribution in [3.05, 3.63) is 98.8 Å². The van der Waals surface area contributed by atoms with Crippen LogP contribution in [-0.4, -0.2) is 23.9 Å². The first-order valence-electron chi connectivity index (χ1n) is 10.2. The lowest BCUT2D eigenvalue weighted by molar-refractivity contribution is -0.137. The van der Waals surface area contributed by atoms with Gasteiger partial charge in [-0.2, -0.15) is 13.2 Å². The molecular weight excluding hydrogens is 525 g/mol. The van der Waals surface area contributed by atoms with Gasteiger partial charge in [-0.15, -0.1) is 0 Å². The number of nitrogens with zero attached hydrogens (tertiary/aromatic N) is 1. The molecule has 186 valence electrons. The van der Waals surface area contributed by atoms with Crippen LogP contribution in [0.15, 0.2) is 66.2 Å². The van der Waals surface area contributed by atoms with Crippen LogP contribution in [0.5, 0.6) is 5.75 Å². The molecule has 0 aliphatic carbocycles. The van der Waals surface area contributed by atoms with Crippen molar-refractivity contribution >= 4 is 46.3 Å². The Balaban J connectivity index is 1.96. The lowest BCUT2D eigenvalue weighted by atomic mass is 9.95. The number of aliphatic hydroxyl groups excluding tert-OH is 1. The standard InChI is InChI=1S/C25H15Cl2F4NO4/c1-36-23-17(26)9-13(10-18(23)27)21(33)19-20(12-5-7-15(28)8-6-12)32(24(35)22(19)34)16-4-2-3-14(11-16)25(29,30)31/h2-11,20,33H,1H3/b21-19+. The Morgan fingerprint density at radius 2 is 1.61 bits per heavy atom. The first-order valence-corrected chi connectivity index (χ1v) is 11.0. The summed E-state index contributed by atoms with van der Waals surface area (Å²) in [6, 6.07) is 9.58. The van der Waals surface area contributed by atoms with E-state index in [1.807, 2.05) is 0 Å². The number of amides is 1. The van der Waals surface area contributed by atoms with Gasteiger partial charge in [0.1, 0.15) is 11.6 Å². The van der Waals surface area contributed by atoms with Gasteiger partial charge in [0.2, 0.25) is 0 Å². The van der Waals surface area contributed by atoms with E-state index in [4.69, 9.17) is 27.9 Å². The third-order valence-corrected chi connectivity index (χ3v) is 6.12. The summed E-state index contributed by atoms with van der Waals surface area (Å²) in [7, 11) is 1.32. The van der Waals surface area contributed by atoms with Gasteiger partial charge < -0.3 is 9.84 Å². The summed E-state index contributed by atoms with van der Waals surface area (Å²) in [5.41, 5.74) is -1.61. The number of halogens is 6. The summed E-state index contributed by atoms with van der Waals surface area (Å²) in [6.45, 7) is 0. The van der Waals surface area contributed by atoms with E-state index in [2.05, 4.69) is 0 Å². The van der Waals surface area contributed by atoms with Crippen molar-refractivity contribution in [1.29, 1.82) is 0 Å². The Kier molecular flexibility index (Phi) is 6.72. The average molecular weight is 540 g/mol. The number of anilines is 1. The third kappa shape index (κ3) is 4.52. The molecule has 3 aromatic carbocycles. The zero-order chi connectivity index (χ0) is 26.4. The van der Waals surface area contributed by atoms with Gasteiger partial charge in [-0.3, -0.25) is 14.5 Å². The van der Waals surface area contributed by atoms with Crippen LogP contribution in [0.2, 0.25) is 10.0 Å². The van der Waals surface area contributed by atoms with E-state index < -0.39 is 46.6 Å². The minimum atomic E-state index is -4.72. The Labute approximate surface area is 212 Å². The largest absolute Gasteiger partial charge is 0.507 e. The van der Waals surface area contributed by atoms with Crippen LogP contribution >= 0.6 is 23.2 Å². The van der Waals surface area contributed by atoms with Gasteiger partial charge in [-0.05, 0) is 48.0 Å². The van der Waals surface area contributed by atoms with Crippen molar-refractivity contribution in [2.75, 3.05) is 12.0 Å². The molecule has 5 nitrogen and oxygen atoms in total. The minimum Gasteiger partial charge on any atom is -0.507 e. The molecule has 11 heteroatoms. The van der Waals surface area contributed by atoms with Gasteiger partial charge in [0.25, 0.3) is 11.7 Å². The molecule has 0 saturated carbocycles. The molecule has 0 bridgehead atoms. The molecule has 1 aliphatic rings. The molecule has 3 aromatic rings. The molecule has 0 aromatic heterocycles. The van der Waals surface area contributed by atoms with Gasteiger partial charge in [0, 0.05) is 11.3 Å². The Hall–Kier alpha value is -3.56. The maximum absolute atomic E-state index is 13.6. The monoisotopic (exact) mass is 539 g/mol. The lowest BCUT2D eigenvalue weighted by Gasteiger charge is -2.26. The van der Waals surface area contributed by atoms with Crippen LogP contribution in [0.4, 0.5) is 23.2 Å². The Morgan fingerprint density at radius 3 is 2.17 bits per heavy atom. The van der Waals surface area contributed by atoms with E-state index in [1.54, 1.807) is 0 Å². The van der Waals surface area contributed by atoms with Crippen molar-refractivity contribution in [1.82, 2.24) is 0 Å². The van der Waals surface area contributed by atoms with E-state index >= 15 is 0 Å². The normalized spacial score (nSPS) is 17.5. The molecule has 1 unspecified atom stereocenters. The molecular formula is C25H15Cl2F4NO4. The van der Waals surface area contributed by atoms with Crippen LogP contribution in [-0.2, 0) is 15.8 Å². The molecule has 1 atom stereocenters. The highest BCUT2D eigenvalue weighted by Crippen LogP contribution is 2.44. The molecule has 1 N–H and O–H groups in total. The van der Waals surface area contributed by atoms with Gasteiger partial charge in [-0.1, -0.05) is 41.4 Å². The number of ether oxygens (including phenoxy) is 1. The highest BCUT2D eigenvalue weighted by molar-refractivity contribution is 6.51. The predicted octanol–water partition coefficient (Wildman–Crippen LogP) is 6.79. The number of rotatable bonds is 4. The molecule has 0 spiro atoms. The molecule has 1 aliphatic heterocycles. The third-order valence-electron chi connectivity index (χ3n) is 5.56. The van der Waals surface area contributed by atoms with Crippen LogP contribution in [0, 0.1) is 5.82 Å². The summed E-state index contributed by atoms with van der Waals surface area (Å²) in [5.74, 6) is -3.54. The summed E-state index contributed by atoms with van der Waals surface area (Å²) < 4.78 is 58.8. The molecule has 0 radical (unpaired) electrons. The number of benzene rings is 3. The number of hydrogen-bond donors (Lipinski definition) is 1. The van der Waals surface area contributed by atoms with Crippen molar-refractivity contribution in [3.8, 4) is 5.75 Å². The highest BCUT2D eigenvalue weighted by Gasteiger charge is 2.47. The number of carbonyl (C=O) groups is 2. The maximum Gasteiger partial charge on any atom is 0.416 e. The van der Waals surface area contributed by atoms with E-state index in [-0.39, 0.29) is 32.6 Å². The first-order chi connectivity index (χ1) is 16.9. The van der Waals surface area contributed by atoms with Crippen LogP contribution < -0.4 is 9.64 Å². The second kappa shape index (κ2) is 9.48. The van der Waals surface area contributed by atoms with Gasteiger partial charge in [0.15, 0.2) is 5.75 Å². The van der Waals surface area contributed by atoms with Crippen molar-refractivity contribution < 1.29 is 37.0 Å². The van der Waals surface area contributed by atoms with Gasteiger partial charge in [-0.25, -0.2) is 4.39 Å². The summed E-state index contributed by atoms with van der Waals surface area (Å²) in [6.07, 6.45) is -4.72. The second-order valence-corrected chi connectivity index (χ2v) is 8.56. The number of carbonyl (C=O) groups excluding carboxylic acids is 2. The Morgan fingerprint density at radius 1 is 1.00 bits per heavy atom. The summed E-state index contributed by atoms with van der Waals surface area (Å²) >= 11 is 12.3. The number of alkyl halides is 3. The zero-order valence-corrected chi connectivity index (χ0v) is 19.7. The number of ketones is 1. The van der Waals surface area contributed by atoms with Gasteiger partial charge >= 0.3 is 6.18 Å². The van der Waals surface area contributed by atoms with Crippen LogP contribution in [0.25, 0.3) is 5.76 Å². The number of aliphatic hydroxyl groups is 1. The van der Waals surface area contributed by atoms with Gasteiger partial charge in [0.05, 0.1) is 34.3 Å².